The number of fused-ring (bicyclic) bond motifs is 2. The van der Waals surface area contributed by atoms with Crippen LogP contribution in [0.25, 0.3) is 21.9 Å². The van der Waals surface area contributed by atoms with Crippen molar-refractivity contribution < 1.29 is 28.1 Å². The maximum atomic E-state index is 12.3. The maximum Gasteiger partial charge on any atom is 0.312 e. The lowest BCUT2D eigenvalue weighted by Crippen LogP contribution is -2.10. The summed E-state index contributed by atoms with van der Waals surface area (Å²) in [6, 6.07) is 22.0. The molecule has 170 valence electrons. The molecule has 0 unspecified atom stereocenters. The van der Waals surface area contributed by atoms with E-state index in [1.54, 1.807) is 12.1 Å². The fourth-order valence-corrected chi connectivity index (χ4v) is 3.64. The van der Waals surface area contributed by atoms with E-state index in [1.165, 1.54) is 0 Å². The van der Waals surface area contributed by atoms with Crippen LogP contribution < -0.4 is 0 Å². The lowest BCUT2D eigenvalue weighted by atomic mass is 10.1. The van der Waals surface area contributed by atoms with Crippen molar-refractivity contribution in [2.45, 2.75) is 26.1 Å². The van der Waals surface area contributed by atoms with Gasteiger partial charge in [-0.3, -0.25) is 9.59 Å². The third-order valence-corrected chi connectivity index (χ3v) is 5.32. The fourth-order valence-electron chi connectivity index (χ4n) is 3.64. The smallest absolute Gasteiger partial charge is 0.312 e. The predicted molar refractivity (Wildman–Crippen MR) is 121 cm³/mol. The number of ether oxygens (including phenoxy) is 2. The number of esters is 2. The molecule has 0 atom stereocenters. The quantitative estimate of drug-likeness (QED) is 0.314. The molecule has 0 saturated carbocycles. The van der Waals surface area contributed by atoms with Crippen LogP contribution in [-0.4, -0.2) is 22.3 Å². The average Bonchev–Trinajstić information content (AvgIpc) is 3.46. The Kier molecular flexibility index (Phi) is 6.03. The summed E-state index contributed by atoms with van der Waals surface area (Å²) >= 11 is 0. The Hall–Kier alpha value is -4.46. The van der Waals surface area contributed by atoms with Crippen LogP contribution in [0.4, 0.5) is 0 Å². The number of nitrogens with zero attached hydrogens (tertiary/aromatic N) is 2. The van der Waals surface area contributed by atoms with Crippen LogP contribution in [0.15, 0.2) is 81.8 Å². The molecule has 0 aliphatic heterocycles. The molecule has 2 heterocycles. The molecule has 0 amide bonds. The Balaban J connectivity index is 1.13. The number of benzene rings is 3. The van der Waals surface area contributed by atoms with E-state index < -0.39 is 11.9 Å². The zero-order valence-corrected chi connectivity index (χ0v) is 18.1. The largest absolute Gasteiger partial charge is 0.461 e. The van der Waals surface area contributed by atoms with Gasteiger partial charge in [0, 0.05) is 10.8 Å². The van der Waals surface area contributed by atoms with Crippen LogP contribution in [0, 0.1) is 0 Å². The molecule has 0 bridgehead atoms. The molecule has 0 N–H and O–H groups in total. The van der Waals surface area contributed by atoms with Crippen molar-refractivity contribution in [3.05, 3.63) is 95.3 Å². The van der Waals surface area contributed by atoms with Crippen LogP contribution in [-0.2, 0) is 45.1 Å². The minimum atomic E-state index is -0.407. The lowest BCUT2D eigenvalue weighted by molar-refractivity contribution is -0.144. The van der Waals surface area contributed by atoms with Crippen molar-refractivity contribution in [1.82, 2.24) is 10.3 Å². The predicted octanol–water partition coefficient (Wildman–Crippen LogP) is 4.54. The number of rotatable bonds is 8. The van der Waals surface area contributed by atoms with Crippen molar-refractivity contribution >= 4 is 33.9 Å². The number of carbonyl (C=O) groups excluding carboxylic acids is 2. The first-order chi connectivity index (χ1) is 16.7. The molecule has 0 radical (unpaired) electrons. The minimum Gasteiger partial charge on any atom is -0.461 e. The number of para-hydroxylation sites is 2. The van der Waals surface area contributed by atoms with Crippen LogP contribution in [0.2, 0.25) is 0 Å². The Morgan fingerprint density at radius 3 is 1.62 bits per heavy atom. The molecule has 5 rings (SSSR count). The molecular formula is C26H20N2O6. The van der Waals surface area contributed by atoms with E-state index in [0.29, 0.717) is 22.6 Å². The van der Waals surface area contributed by atoms with Crippen LogP contribution in [0.5, 0.6) is 0 Å². The standard InChI is InChI=1S/C26H20N2O6/c29-25(13-21-19-8-1-3-10-23(19)33-27-21)31-15-17-6-5-7-18(12-17)16-32-26(30)14-22-20-9-2-4-11-24(20)34-28-22/h1-12H,13-16H2. The molecule has 0 aliphatic rings. The zero-order chi connectivity index (χ0) is 23.3. The van der Waals surface area contributed by atoms with Gasteiger partial charge in [0.2, 0.25) is 0 Å². The molecule has 8 nitrogen and oxygen atoms in total. The van der Waals surface area contributed by atoms with E-state index >= 15 is 0 Å². The monoisotopic (exact) mass is 456 g/mol. The van der Waals surface area contributed by atoms with Gasteiger partial charge in [-0.15, -0.1) is 0 Å². The lowest BCUT2D eigenvalue weighted by Gasteiger charge is -2.08. The molecule has 3 aromatic carbocycles. The topological polar surface area (TPSA) is 105 Å². The van der Waals surface area contributed by atoms with Gasteiger partial charge in [0.05, 0.1) is 12.8 Å². The summed E-state index contributed by atoms with van der Waals surface area (Å²) in [4.78, 5) is 24.6. The molecule has 34 heavy (non-hydrogen) atoms. The third-order valence-electron chi connectivity index (χ3n) is 5.32. The molecule has 8 heteroatoms. The average molecular weight is 456 g/mol. The van der Waals surface area contributed by atoms with Crippen molar-refractivity contribution in [3.8, 4) is 0 Å². The van der Waals surface area contributed by atoms with E-state index in [2.05, 4.69) is 10.3 Å². The molecule has 2 aromatic heterocycles. The normalized spacial score (nSPS) is 11.1. The first-order valence-electron chi connectivity index (χ1n) is 10.7. The van der Waals surface area contributed by atoms with Crippen LogP contribution >= 0.6 is 0 Å². The molecule has 5 aromatic rings. The molecule has 0 fully saturated rings. The summed E-state index contributed by atoms with van der Waals surface area (Å²) in [5, 5.41) is 9.49. The number of hydrogen-bond acceptors (Lipinski definition) is 8. The van der Waals surface area contributed by atoms with Gasteiger partial charge in [-0.25, -0.2) is 0 Å². The fraction of sp³-hybridized carbons (Fsp3) is 0.154. The molecular weight excluding hydrogens is 436 g/mol. The van der Waals surface area contributed by atoms with E-state index in [1.807, 2.05) is 60.7 Å². The summed E-state index contributed by atoms with van der Waals surface area (Å²) in [6.45, 7) is 0.197. The number of aromatic nitrogens is 2. The number of hydrogen-bond donors (Lipinski definition) is 0. The second kappa shape index (κ2) is 9.58. The maximum absolute atomic E-state index is 12.3. The highest BCUT2D eigenvalue weighted by molar-refractivity contribution is 5.85. The van der Waals surface area contributed by atoms with E-state index in [0.717, 1.165) is 21.9 Å². The first kappa shape index (κ1) is 21.4. The van der Waals surface area contributed by atoms with Crippen molar-refractivity contribution in [2.24, 2.45) is 0 Å². The van der Waals surface area contributed by atoms with E-state index in [9.17, 15) is 9.59 Å². The van der Waals surface area contributed by atoms with Crippen molar-refractivity contribution in [1.29, 1.82) is 0 Å². The van der Waals surface area contributed by atoms with Gasteiger partial charge in [-0.1, -0.05) is 52.8 Å². The van der Waals surface area contributed by atoms with E-state index in [-0.39, 0.29) is 26.1 Å². The highest BCUT2D eigenvalue weighted by Crippen LogP contribution is 2.20. The van der Waals surface area contributed by atoms with Gasteiger partial charge in [0.15, 0.2) is 11.2 Å². The van der Waals surface area contributed by atoms with Crippen molar-refractivity contribution in [3.63, 3.8) is 0 Å². The second-order valence-electron chi connectivity index (χ2n) is 7.75. The second-order valence-corrected chi connectivity index (χ2v) is 7.75. The van der Waals surface area contributed by atoms with Gasteiger partial charge in [-0.05, 0) is 41.5 Å². The van der Waals surface area contributed by atoms with Gasteiger partial charge in [0.1, 0.15) is 24.6 Å². The Bertz CT molecular complexity index is 1360. The first-order valence-corrected chi connectivity index (χ1v) is 10.7. The van der Waals surface area contributed by atoms with Gasteiger partial charge >= 0.3 is 11.9 Å². The summed E-state index contributed by atoms with van der Waals surface area (Å²) < 4.78 is 21.2. The summed E-state index contributed by atoms with van der Waals surface area (Å²) in [7, 11) is 0. The highest BCUT2D eigenvalue weighted by atomic mass is 16.5. The van der Waals surface area contributed by atoms with Crippen LogP contribution in [0.3, 0.4) is 0 Å². The van der Waals surface area contributed by atoms with Gasteiger partial charge in [0.25, 0.3) is 0 Å². The molecule has 0 aliphatic carbocycles. The third kappa shape index (κ3) is 4.80. The Morgan fingerprint density at radius 1 is 0.647 bits per heavy atom. The SMILES string of the molecule is O=C(Cc1noc2ccccc12)OCc1cccc(COC(=O)Cc2noc3ccccc23)c1. The number of carbonyl (C=O) groups is 2. The summed E-state index contributed by atoms with van der Waals surface area (Å²) in [5.74, 6) is -0.813. The highest BCUT2D eigenvalue weighted by Gasteiger charge is 2.15. The van der Waals surface area contributed by atoms with E-state index in [4.69, 9.17) is 18.5 Å². The van der Waals surface area contributed by atoms with Gasteiger partial charge < -0.3 is 18.5 Å². The summed E-state index contributed by atoms with van der Waals surface area (Å²) in [6.07, 6.45) is 0.0378. The Labute approximate surface area is 194 Å². The zero-order valence-electron chi connectivity index (χ0n) is 18.1. The Morgan fingerprint density at radius 2 is 1.12 bits per heavy atom. The summed E-state index contributed by atoms with van der Waals surface area (Å²) in [5.41, 5.74) is 3.92. The molecule has 0 spiro atoms. The van der Waals surface area contributed by atoms with Crippen LogP contribution in [0.1, 0.15) is 22.5 Å². The molecule has 0 saturated heterocycles. The minimum absolute atomic E-state index is 0.0189. The van der Waals surface area contributed by atoms with Crippen molar-refractivity contribution in [2.75, 3.05) is 0 Å². The van der Waals surface area contributed by atoms with Gasteiger partial charge in [-0.2, -0.15) is 0 Å².